The van der Waals surface area contributed by atoms with Crippen LogP contribution in [-0.4, -0.2) is 23.7 Å². The van der Waals surface area contributed by atoms with Gasteiger partial charge in [0.2, 0.25) is 0 Å². The summed E-state index contributed by atoms with van der Waals surface area (Å²) in [7, 11) is 0. The maximum absolute atomic E-state index is 11.6. The largest absolute Gasteiger partial charge is 0.479 e. The Labute approximate surface area is 128 Å². The zero-order chi connectivity index (χ0) is 14.4. The molecule has 0 radical (unpaired) electrons. The number of amides is 1. The lowest BCUT2D eigenvalue weighted by molar-refractivity contribution is -0.127. The fraction of sp³-hybridized carbons (Fsp3) is 0.308. The molecule has 0 saturated carbocycles. The van der Waals surface area contributed by atoms with E-state index in [1.165, 1.54) is 0 Å². The van der Waals surface area contributed by atoms with E-state index in [4.69, 9.17) is 16.3 Å². The lowest BCUT2D eigenvalue weighted by atomic mass is 10.2. The molecular weight excluding hydrogens is 378 g/mol. The van der Waals surface area contributed by atoms with E-state index in [1.54, 1.807) is 19.1 Å². The molecule has 1 unspecified atom stereocenters. The van der Waals surface area contributed by atoms with Crippen molar-refractivity contribution in [2.75, 3.05) is 6.54 Å². The number of halogens is 2. The first-order chi connectivity index (χ1) is 8.99. The number of nitrogens with one attached hydrogen (secondary N) is 1. The van der Waals surface area contributed by atoms with E-state index in [2.05, 4.69) is 43.1 Å². The van der Waals surface area contributed by atoms with Gasteiger partial charge in [0.25, 0.3) is 5.91 Å². The van der Waals surface area contributed by atoms with Gasteiger partial charge < -0.3 is 15.2 Å². The van der Waals surface area contributed by atoms with Crippen molar-refractivity contribution < 1.29 is 14.6 Å². The zero-order valence-corrected chi connectivity index (χ0v) is 13.4. The van der Waals surface area contributed by atoms with Crippen molar-refractivity contribution >= 4 is 37.8 Å². The van der Waals surface area contributed by atoms with Crippen LogP contribution < -0.4 is 10.1 Å². The number of carbonyl (C=O) groups is 1. The number of aliphatic hydroxyl groups is 1. The number of hydrogen-bond acceptors (Lipinski definition) is 3. The Balaban J connectivity index is 2.82. The molecule has 1 aromatic rings. The van der Waals surface area contributed by atoms with Gasteiger partial charge in [-0.1, -0.05) is 5.92 Å². The SMILES string of the molecule is C#CCNC(=O)C(C)Oc1c(Br)cc(CO)cc1Br. The van der Waals surface area contributed by atoms with Gasteiger partial charge in [0.05, 0.1) is 22.1 Å². The lowest BCUT2D eigenvalue weighted by Crippen LogP contribution is -2.36. The van der Waals surface area contributed by atoms with Gasteiger partial charge >= 0.3 is 0 Å². The van der Waals surface area contributed by atoms with Crippen LogP contribution in [-0.2, 0) is 11.4 Å². The molecule has 1 aromatic carbocycles. The monoisotopic (exact) mass is 389 g/mol. The van der Waals surface area contributed by atoms with Crippen molar-refractivity contribution in [2.24, 2.45) is 0 Å². The average molecular weight is 391 g/mol. The Bertz CT molecular complexity index is 488. The van der Waals surface area contributed by atoms with E-state index in [9.17, 15) is 4.79 Å². The van der Waals surface area contributed by atoms with Gasteiger partial charge in [-0.2, -0.15) is 0 Å². The van der Waals surface area contributed by atoms with Crippen LogP contribution in [0.4, 0.5) is 0 Å². The molecular formula is C13H13Br2NO3. The summed E-state index contributed by atoms with van der Waals surface area (Å²) in [5, 5.41) is 11.6. The van der Waals surface area contributed by atoms with E-state index < -0.39 is 6.10 Å². The molecule has 4 nitrogen and oxygen atoms in total. The zero-order valence-electron chi connectivity index (χ0n) is 10.2. The van der Waals surface area contributed by atoms with Crippen LogP contribution in [0.25, 0.3) is 0 Å². The molecule has 0 aliphatic rings. The van der Waals surface area contributed by atoms with Crippen molar-refractivity contribution in [1.82, 2.24) is 5.32 Å². The molecule has 0 aromatic heterocycles. The summed E-state index contributed by atoms with van der Waals surface area (Å²) in [6.45, 7) is 1.72. The molecule has 0 heterocycles. The Hall–Kier alpha value is -1.03. The summed E-state index contributed by atoms with van der Waals surface area (Å²) in [5.74, 6) is 2.53. The number of ether oxygens (including phenoxy) is 1. The first-order valence-corrected chi connectivity index (χ1v) is 7.04. The predicted octanol–water partition coefficient (Wildman–Crippen LogP) is 2.22. The molecule has 0 spiro atoms. The molecule has 0 aliphatic carbocycles. The van der Waals surface area contributed by atoms with Crippen LogP contribution in [0.5, 0.6) is 5.75 Å². The third-order valence-corrected chi connectivity index (χ3v) is 3.45. The summed E-state index contributed by atoms with van der Waals surface area (Å²) >= 11 is 6.68. The van der Waals surface area contributed by atoms with Crippen LogP contribution in [0, 0.1) is 12.3 Å². The lowest BCUT2D eigenvalue weighted by Gasteiger charge is -2.17. The number of aliphatic hydroxyl groups excluding tert-OH is 1. The molecule has 0 bridgehead atoms. The van der Waals surface area contributed by atoms with Gasteiger partial charge in [0.1, 0.15) is 5.75 Å². The van der Waals surface area contributed by atoms with E-state index in [0.717, 1.165) is 5.56 Å². The molecule has 6 heteroatoms. The highest BCUT2D eigenvalue weighted by Crippen LogP contribution is 2.35. The minimum atomic E-state index is -0.680. The maximum Gasteiger partial charge on any atom is 0.261 e. The molecule has 0 saturated heterocycles. The molecule has 1 atom stereocenters. The topological polar surface area (TPSA) is 58.6 Å². The van der Waals surface area contributed by atoms with Crippen LogP contribution >= 0.6 is 31.9 Å². The first kappa shape index (κ1) is 16.0. The summed E-state index contributed by atoms with van der Waals surface area (Å²) in [6, 6.07) is 3.46. The standard InChI is InChI=1S/C13H13Br2NO3/c1-3-4-16-13(18)8(2)19-12-10(14)5-9(7-17)6-11(12)15/h1,5-6,8,17H,4,7H2,2H3,(H,16,18). The van der Waals surface area contributed by atoms with Gasteiger partial charge in [-0.3, -0.25) is 4.79 Å². The van der Waals surface area contributed by atoms with Crippen molar-refractivity contribution in [3.8, 4) is 18.1 Å². The van der Waals surface area contributed by atoms with E-state index in [-0.39, 0.29) is 19.1 Å². The van der Waals surface area contributed by atoms with Crippen LogP contribution in [0.3, 0.4) is 0 Å². The smallest absolute Gasteiger partial charge is 0.261 e. The fourth-order valence-electron chi connectivity index (χ4n) is 1.33. The number of rotatable bonds is 5. The third-order valence-electron chi connectivity index (χ3n) is 2.27. The van der Waals surface area contributed by atoms with Gasteiger partial charge in [-0.05, 0) is 56.5 Å². The van der Waals surface area contributed by atoms with Gasteiger partial charge in [-0.25, -0.2) is 0 Å². The Morgan fingerprint density at radius 1 is 1.53 bits per heavy atom. The summed E-state index contributed by atoms with van der Waals surface area (Å²) in [4.78, 5) is 11.6. The van der Waals surface area contributed by atoms with Crippen molar-refractivity contribution in [1.29, 1.82) is 0 Å². The molecule has 0 fully saturated rings. The minimum absolute atomic E-state index is 0.0737. The maximum atomic E-state index is 11.6. The second kappa shape index (κ2) is 7.53. The van der Waals surface area contributed by atoms with E-state index >= 15 is 0 Å². The Kier molecular flexibility index (Phi) is 6.35. The third kappa shape index (κ3) is 4.53. The second-order valence-electron chi connectivity index (χ2n) is 3.73. The van der Waals surface area contributed by atoms with Gasteiger partial charge in [-0.15, -0.1) is 6.42 Å². The summed E-state index contributed by atoms with van der Waals surface area (Å²) in [5.41, 5.74) is 0.732. The van der Waals surface area contributed by atoms with Crippen molar-refractivity contribution in [3.05, 3.63) is 26.6 Å². The summed E-state index contributed by atoms with van der Waals surface area (Å²) < 4.78 is 6.89. The molecule has 0 aliphatic heterocycles. The first-order valence-electron chi connectivity index (χ1n) is 5.46. The molecule has 1 rings (SSSR count). The highest BCUT2D eigenvalue weighted by molar-refractivity contribution is 9.11. The van der Waals surface area contributed by atoms with Crippen LogP contribution in [0.1, 0.15) is 12.5 Å². The van der Waals surface area contributed by atoms with E-state index in [1.807, 2.05) is 0 Å². The average Bonchev–Trinajstić information content (AvgIpc) is 2.39. The summed E-state index contributed by atoms with van der Waals surface area (Å²) in [6.07, 6.45) is 4.39. The second-order valence-corrected chi connectivity index (χ2v) is 5.44. The fourth-order valence-corrected chi connectivity index (χ4v) is 2.80. The van der Waals surface area contributed by atoms with E-state index in [0.29, 0.717) is 14.7 Å². The number of benzene rings is 1. The van der Waals surface area contributed by atoms with Crippen LogP contribution in [0.15, 0.2) is 21.1 Å². The highest BCUT2D eigenvalue weighted by atomic mass is 79.9. The van der Waals surface area contributed by atoms with Gasteiger partial charge in [0.15, 0.2) is 6.10 Å². The normalized spacial score (nSPS) is 11.5. The number of carbonyl (C=O) groups excluding carboxylic acids is 1. The molecule has 102 valence electrons. The van der Waals surface area contributed by atoms with Gasteiger partial charge in [0, 0.05) is 0 Å². The predicted molar refractivity (Wildman–Crippen MR) is 79.7 cm³/mol. The number of terminal acetylenes is 1. The molecule has 19 heavy (non-hydrogen) atoms. The van der Waals surface area contributed by atoms with Crippen LogP contribution in [0.2, 0.25) is 0 Å². The Morgan fingerprint density at radius 3 is 2.58 bits per heavy atom. The molecule has 2 N–H and O–H groups in total. The molecule has 1 amide bonds. The highest BCUT2D eigenvalue weighted by Gasteiger charge is 2.17. The minimum Gasteiger partial charge on any atom is -0.479 e. The van der Waals surface area contributed by atoms with Crippen molar-refractivity contribution in [3.63, 3.8) is 0 Å². The Morgan fingerprint density at radius 2 is 2.11 bits per heavy atom. The quantitative estimate of drug-likeness (QED) is 0.758. The van der Waals surface area contributed by atoms with Crippen molar-refractivity contribution in [2.45, 2.75) is 19.6 Å². The number of hydrogen-bond donors (Lipinski definition) is 2.